The fraction of sp³-hybridized carbons (Fsp3) is 0.0800. The number of hydrogen-bond donors (Lipinski definition) is 2. The number of nitrogens with one attached hydrogen (secondary N) is 1. The van der Waals surface area contributed by atoms with Crippen LogP contribution in [0.15, 0.2) is 79.0 Å². The summed E-state index contributed by atoms with van der Waals surface area (Å²) in [6, 6.07) is 21.4. The highest BCUT2D eigenvalue weighted by molar-refractivity contribution is 6.16. The maximum Gasteiger partial charge on any atom is 0.253 e. The fourth-order valence-electron chi connectivity index (χ4n) is 3.84. The Morgan fingerprint density at radius 2 is 1.34 bits per heavy atom. The van der Waals surface area contributed by atoms with Crippen LogP contribution in [0.3, 0.4) is 0 Å². The van der Waals surface area contributed by atoms with Crippen molar-refractivity contribution in [3.8, 4) is 0 Å². The predicted molar refractivity (Wildman–Crippen MR) is 123 cm³/mol. The Hall–Kier alpha value is -4.39. The number of benzene rings is 3. The highest BCUT2D eigenvalue weighted by Gasteiger charge is 2.23. The first-order valence-electron chi connectivity index (χ1n) is 10.2. The molecule has 5 rings (SSSR count). The first-order valence-corrected chi connectivity index (χ1v) is 10.2. The van der Waals surface area contributed by atoms with Crippen LogP contribution in [0.25, 0.3) is 32.8 Å². The Morgan fingerprint density at radius 1 is 0.781 bits per heavy atom. The normalized spacial score (nSPS) is 12.1. The second kappa shape index (κ2) is 8.03. The van der Waals surface area contributed by atoms with Crippen LogP contribution in [0, 0.1) is 0 Å². The smallest absolute Gasteiger partial charge is 0.253 e. The molecule has 2 aromatic heterocycles. The van der Waals surface area contributed by atoms with Crippen LogP contribution in [0.1, 0.15) is 16.1 Å². The second-order valence-electron chi connectivity index (χ2n) is 7.50. The summed E-state index contributed by atoms with van der Waals surface area (Å²) < 4.78 is 0. The van der Waals surface area contributed by atoms with Gasteiger partial charge in [-0.1, -0.05) is 48.5 Å². The van der Waals surface area contributed by atoms with Crippen LogP contribution in [0.5, 0.6) is 0 Å². The van der Waals surface area contributed by atoms with E-state index in [-0.39, 0.29) is 6.42 Å². The summed E-state index contributed by atoms with van der Waals surface area (Å²) in [5.74, 6) is -1.03. The lowest BCUT2D eigenvalue weighted by Crippen LogP contribution is -2.46. The van der Waals surface area contributed by atoms with Crippen molar-refractivity contribution in [2.75, 3.05) is 0 Å². The average molecular weight is 421 g/mol. The van der Waals surface area contributed by atoms with Gasteiger partial charge in [-0.05, 0) is 24.3 Å². The molecule has 0 unspecified atom stereocenters. The molecule has 0 aliphatic rings. The van der Waals surface area contributed by atoms with Gasteiger partial charge in [-0.2, -0.15) is 0 Å². The number of hydrogen-bond acceptors (Lipinski definition) is 5. The first-order chi connectivity index (χ1) is 15.6. The Kier molecular flexibility index (Phi) is 4.91. The van der Waals surface area contributed by atoms with Crippen molar-refractivity contribution < 1.29 is 9.59 Å². The number of nitrogens with zero attached hydrogens (tertiary/aromatic N) is 3. The lowest BCUT2D eigenvalue weighted by Gasteiger charge is -2.17. The van der Waals surface area contributed by atoms with E-state index in [0.717, 1.165) is 5.52 Å². The van der Waals surface area contributed by atoms with Gasteiger partial charge in [0, 0.05) is 23.4 Å². The summed E-state index contributed by atoms with van der Waals surface area (Å²) in [5.41, 5.74) is 9.53. The van der Waals surface area contributed by atoms with Crippen molar-refractivity contribution >= 4 is 44.7 Å². The first kappa shape index (κ1) is 19.6. The third-order valence-electron chi connectivity index (χ3n) is 5.38. The quantitative estimate of drug-likeness (QED) is 0.424. The van der Waals surface area contributed by atoms with Gasteiger partial charge in [0.2, 0.25) is 5.91 Å². The molecule has 3 N–H and O–H groups in total. The van der Waals surface area contributed by atoms with Crippen LogP contribution < -0.4 is 11.1 Å². The SMILES string of the molecule is NC(=O)[C@H](Cc1cnc2ccccc2n1)NC(=O)c1c2ccccc2nc2ccccc12. The standard InChI is InChI=1S/C25H19N5O2/c26-24(31)22(13-15-14-27-20-11-5-6-12-21(20)28-15)30-25(32)23-16-7-1-3-9-18(16)29-19-10-4-2-8-17(19)23/h1-12,14,22H,13H2,(H2,26,31)(H,30,32)/t22-/m0/s1. The van der Waals surface area contributed by atoms with E-state index in [0.29, 0.717) is 38.6 Å². The van der Waals surface area contributed by atoms with Gasteiger partial charge < -0.3 is 11.1 Å². The number of fused-ring (bicyclic) bond motifs is 3. The summed E-state index contributed by atoms with van der Waals surface area (Å²) in [5, 5.41) is 4.22. The topological polar surface area (TPSA) is 111 Å². The molecule has 0 spiro atoms. The number of aromatic nitrogens is 3. The van der Waals surface area contributed by atoms with Crippen molar-refractivity contribution in [3.63, 3.8) is 0 Å². The van der Waals surface area contributed by atoms with Crippen LogP contribution in [0.2, 0.25) is 0 Å². The molecule has 7 nitrogen and oxygen atoms in total. The molecule has 7 heteroatoms. The third kappa shape index (κ3) is 3.60. The molecular formula is C25H19N5O2. The minimum atomic E-state index is -0.941. The van der Waals surface area contributed by atoms with E-state index in [1.54, 1.807) is 6.20 Å². The molecule has 32 heavy (non-hydrogen) atoms. The van der Waals surface area contributed by atoms with Gasteiger partial charge in [-0.15, -0.1) is 0 Å². The third-order valence-corrected chi connectivity index (χ3v) is 5.38. The number of carbonyl (C=O) groups excluding carboxylic acids is 2. The van der Waals surface area contributed by atoms with Crippen molar-refractivity contribution in [2.24, 2.45) is 5.73 Å². The second-order valence-corrected chi connectivity index (χ2v) is 7.50. The van der Waals surface area contributed by atoms with Crippen LogP contribution in [0.4, 0.5) is 0 Å². The summed E-state index contributed by atoms with van der Waals surface area (Å²) in [6.07, 6.45) is 1.74. The summed E-state index contributed by atoms with van der Waals surface area (Å²) >= 11 is 0. The lowest BCUT2D eigenvalue weighted by molar-refractivity contribution is -0.119. The van der Waals surface area contributed by atoms with Gasteiger partial charge in [0.05, 0.1) is 33.3 Å². The predicted octanol–water partition coefficient (Wildman–Crippen LogP) is 3.16. The van der Waals surface area contributed by atoms with Crippen LogP contribution >= 0.6 is 0 Å². The monoisotopic (exact) mass is 421 g/mol. The van der Waals surface area contributed by atoms with Crippen molar-refractivity contribution in [1.82, 2.24) is 20.3 Å². The Balaban J connectivity index is 1.51. The van der Waals surface area contributed by atoms with Gasteiger partial charge in [-0.25, -0.2) is 9.97 Å². The number of nitrogens with two attached hydrogens (primary N) is 1. The molecule has 156 valence electrons. The highest BCUT2D eigenvalue weighted by atomic mass is 16.2. The molecule has 3 aromatic carbocycles. The minimum Gasteiger partial charge on any atom is -0.368 e. The van der Waals surface area contributed by atoms with Crippen molar-refractivity contribution in [2.45, 2.75) is 12.5 Å². The molecule has 5 aromatic rings. The van der Waals surface area contributed by atoms with E-state index in [1.165, 1.54) is 0 Å². The molecule has 0 aliphatic heterocycles. The van der Waals surface area contributed by atoms with Gasteiger partial charge in [0.25, 0.3) is 5.91 Å². The maximum absolute atomic E-state index is 13.4. The number of pyridine rings is 1. The van der Waals surface area contributed by atoms with E-state index in [4.69, 9.17) is 5.73 Å². The van der Waals surface area contributed by atoms with E-state index in [1.807, 2.05) is 72.8 Å². The zero-order valence-electron chi connectivity index (χ0n) is 17.0. The molecule has 2 amide bonds. The number of carbonyl (C=O) groups is 2. The average Bonchev–Trinajstić information content (AvgIpc) is 2.81. The van der Waals surface area contributed by atoms with Crippen LogP contribution in [-0.4, -0.2) is 32.8 Å². The van der Waals surface area contributed by atoms with Crippen LogP contribution in [-0.2, 0) is 11.2 Å². The Morgan fingerprint density at radius 3 is 1.97 bits per heavy atom. The summed E-state index contributed by atoms with van der Waals surface area (Å²) in [6.45, 7) is 0. The van der Waals surface area contributed by atoms with Gasteiger partial charge in [0.1, 0.15) is 6.04 Å². The number of rotatable bonds is 5. The summed E-state index contributed by atoms with van der Waals surface area (Å²) in [4.78, 5) is 39.2. The van der Waals surface area contributed by atoms with E-state index >= 15 is 0 Å². The Labute approximate surface area is 183 Å². The zero-order chi connectivity index (χ0) is 22.1. The number of para-hydroxylation sites is 4. The molecule has 0 aliphatic carbocycles. The van der Waals surface area contributed by atoms with E-state index in [2.05, 4.69) is 20.3 Å². The molecule has 2 heterocycles. The molecule has 0 saturated heterocycles. The van der Waals surface area contributed by atoms with Gasteiger partial charge >= 0.3 is 0 Å². The van der Waals surface area contributed by atoms with Crippen molar-refractivity contribution in [3.05, 3.63) is 90.3 Å². The highest BCUT2D eigenvalue weighted by Crippen LogP contribution is 2.26. The molecule has 0 radical (unpaired) electrons. The molecule has 1 atom stereocenters. The lowest BCUT2D eigenvalue weighted by atomic mass is 10.0. The zero-order valence-corrected chi connectivity index (χ0v) is 17.0. The maximum atomic E-state index is 13.4. The van der Waals surface area contributed by atoms with E-state index in [9.17, 15) is 9.59 Å². The molecule has 0 fully saturated rings. The molecular weight excluding hydrogens is 402 g/mol. The largest absolute Gasteiger partial charge is 0.368 e. The molecule has 0 saturated carbocycles. The summed E-state index contributed by atoms with van der Waals surface area (Å²) in [7, 11) is 0. The van der Waals surface area contributed by atoms with Gasteiger partial charge in [0.15, 0.2) is 0 Å². The van der Waals surface area contributed by atoms with Gasteiger partial charge in [-0.3, -0.25) is 14.6 Å². The minimum absolute atomic E-state index is 0.139. The fourth-order valence-corrected chi connectivity index (χ4v) is 3.84. The van der Waals surface area contributed by atoms with E-state index < -0.39 is 17.9 Å². The number of amides is 2. The Bertz CT molecular complexity index is 1440. The number of primary amides is 1. The molecule has 0 bridgehead atoms. The van der Waals surface area contributed by atoms with Crippen molar-refractivity contribution in [1.29, 1.82) is 0 Å².